The summed E-state index contributed by atoms with van der Waals surface area (Å²) < 4.78 is 90.8. The molecule has 0 aliphatic heterocycles. The highest BCUT2D eigenvalue weighted by Crippen LogP contribution is 2.62. The number of carbonyl (C=O) groups is 1. The van der Waals surface area contributed by atoms with Crippen molar-refractivity contribution in [3.8, 4) is 0 Å². The van der Waals surface area contributed by atoms with Crippen LogP contribution >= 0.6 is 7.37 Å². The van der Waals surface area contributed by atoms with Crippen LogP contribution in [0.1, 0.15) is 20.8 Å². The average Bonchev–Trinajstić information content (AvgIpc) is 2.51. The molecule has 0 bridgehead atoms. The normalized spacial score (nSPS) is 17.2. The van der Waals surface area contributed by atoms with Crippen molar-refractivity contribution < 1.29 is 40.2 Å². The van der Waals surface area contributed by atoms with Gasteiger partial charge in [0.25, 0.3) is 0 Å². The van der Waals surface area contributed by atoms with Gasteiger partial charge in [-0.15, -0.1) is 0 Å². The number of ether oxygens (including phenoxy) is 1. The summed E-state index contributed by atoms with van der Waals surface area (Å²) in [4.78, 5) is 11.8. The molecule has 0 spiro atoms. The van der Waals surface area contributed by atoms with Gasteiger partial charge in [-0.05, 0) is 32.9 Å². The summed E-state index contributed by atoms with van der Waals surface area (Å²) >= 11 is 0. The maximum Gasteiger partial charge on any atom is 0.427 e. The Kier molecular flexibility index (Phi) is 7.26. The topological polar surface area (TPSA) is 98.8 Å². The van der Waals surface area contributed by atoms with Crippen molar-refractivity contribution in [1.82, 2.24) is 4.72 Å². The Morgan fingerprint density at radius 2 is 1.74 bits per heavy atom. The van der Waals surface area contributed by atoms with Crippen molar-refractivity contribution in [2.75, 3.05) is 13.3 Å². The van der Waals surface area contributed by atoms with Crippen LogP contribution in [0.3, 0.4) is 0 Å². The molecule has 0 aliphatic rings. The second-order valence-electron chi connectivity index (χ2n) is 5.85. The summed E-state index contributed by atoms with van der Waals surface area (Å²) in [5, 5.41) is -4.10. The number of hydrogen-bond donors (Lipinski definition) is 1. The number of halogens is 3. The summed E-state index contributed by atoms with van der Waals surface area (Å²) in [7, 11) is -9.91. The third-order valence-electron chi connectivity index (χ3n) is 3.34. The standard InChI is InChI=1S/C15H21F3NO6PS/c1-5-24-13(20)14(15(16,17)18,26(4,21)25-11(2)3)19-27(22,23)12-9-7-6-8-10-12/h6-11,19H,5H2,1-4H3/t14-,26-/m0/s1. The fourth-order valence-electron chi connectivity index (χ4n) is 2.26. The molecule has 0 aromatic heterocycles. The molecular weight excluding hydrogens is 410 g/mol. The fourth-order valence-corrected chi connectivity index (χ4v) is 6.33. The van der Waals surface area contributed by atoms with Crippen LogP contribution in [0.2, 0.25) is 0 Å². The second kappa shape index (κ2) is 8.30. The maximum absolute atomic E-state index is 14.1. The van der Waals surface area contributed by atoms with E-state index in [1.807, 2.05) is 0 Å². The van der Waals surface area contributed by atoms with Crippen LogP contribution in [0.4, 0.5) is 13.2 Å². The lowest BCUT2D eigenvalue weighted by molar-refractivity contribution is -0.192. The molecule has 2 atom stereocenters. The molecule has 1 N–H and O–H groups in total. The molecule has 1 aromatic carbocycles. The summed E-state index contributed by atoms with van der Waals surface area (Å²) in [6.07, 6.45) is -6.60. The molecule has 0 amide bonds. The van der Waals surface area contributed by atoms with Gasteiger partial charge in [0.1, 0.15) is 0 Å². The van der Waals surface area contributed by atoms with Crippen molar-refractivity contribution in [2.45, 2.75) is 43.2 Å². The van der Waals surface area contributed by atoms with Gasteiger partial charge in [-0.25, -0.2) is 13.2 Å². The lowest BCUT2D eigenvalue weighted by Gasteiger charge is -2.38. The number of hydrogen-bond acceptors (Lipinski definition) is 6. The Morgan fingerprint density at radius 3 is 2.15 bits per heavy atom. The predicted octanol–water partition coefficient (Wildman–Crippen LogP) is 3.12. The second-order valence-corrected chi connectivity index (χ2v) is 10.1. The minimum absolute atomic E-state index is 0.495. The van der Waals surface area contributed by atoms with E-state index < -0.39 is 52.4 Å². The van der Waals surface area contributed by atoms with Crippen LogP contribution in [-0.2, 0) is 28.6 Å². The molecule has 0 heterocycles. The Bertz CT molecular complexity index is 813. The number of benzene rings is 1. The van der Waals surface area contributed by atoms with Crippen molar-refractivity contribution in [2.24, 2.45) is 0 Å². The number of nitrogens with one attached hydrogen (secondary N) is 1. The van der Waals surface area contributed by atoms with Crippen molar-refractivity contribution in [3.05, 3.63) is 30.3 Å². The van der Waals surface area contributed by atoms with Gasteiger partial charge in [-0.1, -0.05) is 18.2 Å². The van der Waals surface area contributed by atoms with E-state index in [4.69, 9.17) is 4.52 Å². The van der Waals surface area contributed by atoms with Gasteiger partial charge in [0.2, 0.25) is 17.4 Å². The molecule has 12 heteroatoms. The molecule has 154 valence electrons. The lowest BCUT2D eigenvalue weighted by Crippen LogP contribution is -2.64. The van der Waals surface area contributed by atoms with Crippen molar-refractivity contribution in [1.29, 1.82) is 0 Å². The highest BCUT2D eigenvalue weighted by atomic mass is 32.2. The molecule has 7 nitrogen and oxygen atoms in total. The molecular formula is C15H21F3NO6PS. The average molecular weight is 431 g/mol. The molecule has 1 aromatic rings. The van der Waals surface area contributed by atoms with Gasteiger partial charge in [0.05, 0.1) is 17.6 Å². The summed E-state index contributed by atoms with van der Waals surface area (Å²) in [6.45, 7) is 3.88. The van der Waals surface area contributed by atoms with Gasteiger partial charge in [0, 0.05) is 6.66 Å². The van der Waals surface area contributed by atoms with Gasteiger partial charge in [0.15, 0.2) is 0 Å². The lowest BCUT2D eigenvalue weighted by atomic mass is 10.3. The first-order valence-corrected chi connectivity index (χ1v) is 11.4. The first-order valence-electron chi connectivity index (χ1n) is 7.80. The predicted molar refractivity (Wildman–Crippen MR) is 91.9 cm³/mol. The summed E-state index contributed by atoms with van der Waals surface area (Å²) in [5.41, 5.74) is 0. The van der Waals surface area contributed by atoms with Crippen molar-refractivity contribution in [3.63, 3.8) is 0 Å². The Morgan fingerprint density at radius 1 is 1.22 bits per heavy atom. The maximum atomic E-state index is 14.1. The first-order chi connectivity index (χ1) is 12.2. The zero-order chi connectivity index (χ0) is 21.1. The highest BCUT2D eigenvalue weighted by molar-refractivity contribution is 7.90. The third-order valence-corrected chi connectivity index (χ3v) is 7.55. The zero-order valence-corrected chi connectivity index (χ0v) is 16.8. The van der Waals surface area contributed by atoms with E-state index in [0.29, 0.717) is 6.66 Å². The van der Waals surface area contributed by atoms with E-state index in [0.717, 1.165) is 12.1 Å². The molecule has 0 aliphatic carbocycles. The zero-order valence-electron chi connectivity index (χ0n) is 15.1. The Labute approximate surface area is 155 Å². The largest absolute Gasteiger partial charge is 0.464 e. The summed E-state index contributed by atoms with van der Waals surface area (Å²) in [6, 6.07) is 6.07. The smallest absolute Gasteiger partial charge is 0.427 e. The first kappa shape index (κ1) is 23.6. The number of alkyl halides is 3. The van der Waals surface area contributed by atoms with Crippen LogP contribution in [0.25, 0.3) is 0 Å². The van der Waals surface area contributed by atoms with Crippen LogP contribution in [0.15, 0.2) is 35.2 Å². The third kappa shape index (κ3) is 4.90. The van der Waals surface area contributed by atoms with E-state index in [-0.39, 0.29) is 0 Å². The molecule has 0 radical (unpaired) electrons. The minimum atomic E-state index is -5.61. The minimum Gasteiger partial charge on any atom is -0.464 e. The molecule has 0 saturated carbocycles. The molecule has 1 rings (SSSR count). The summed E-state index contributed by atoms with van der Waals surface area (Å²) in [5.74, 6) is -2.05. The van der Waals surface area contributed by atoms with E-state index in [1.165, 1.54) is 43.7 Å². The number of rotatable bonds is 8. The SMILES string of the molecule is CCOC(=O)[C@@](NS(=O)(=O)c1ccccc1)(C(F)(F)F)[P@@](C)(=O)OC(C)C. The van der Waals surface area contributed by atoms with Gasteiger partial charge >= 0.3 is 17.4 Å². The van der Waals surface area contributed by atoms with E-state index in [9.17, 15) is 30.9 Å². The van der Waals surface area contributed by atoms with Gasteiger partial charge in [-0.3, -0.25) is 4.57 Å². The quantitative estimate of drug-likeness (QED) is 0.502. The molecule has 27 heavy (non-hydrogen) atoms. The fraction of sp³-hybridized carbons (Fsp3) is 0.533. The van der Waals surface area contributed by atoms with E-state index in [1.54, 1.807) is 0 Å². The van der Waals surface area contributed by atoms with Crippen LogP contribution in [0, 0.1) is 0 Å². The molecule has 0 saturated heterocycles. The van der Waals surface area contributed by atoms with Crippen molar-refractivity contribution >= 4 is 23.4 Å². The van der Waals surface area contributed by atoms with Crippen LogP contribution < -0.4 is 4.72 Å². The number of esters is 1. The molecule has 0 unspecified atom stereocenters. The van der Waals surface area contributed by atoms with Crippen LogP contribution in [-0.4, -0.2) is 45.2 Å². The molecule has 0 fully saturated rings. The van der Waals surface area contributed by atoms with Gasteiger partial charge in [-0.2, -0.15) is 17.9 Å². The number of carbonyl (C=O) groups excluding carboxylic acids is 1. The Balaban J connectivity index is 3.71. The van der Waals surface area contributed by atoms with E-state index in [2.05, 4.69) is 4.74 Å². The number of sulfonamides is 1. The van der Waals surface area contributed by atoms with Gasteiger partial charge < -0.3 is 9.26 Å². The monoisotopic (exact) mass is 431 g/mol. The van der Waals surface area contributed by atoms with Crippen LogP contribution in [0.5, 0.6) is 0 Å². The Hall–Kier alpha value is -1.42. The van der Waals surface area contributed by atoms with E-state index >= 15 is 0 Å². The highest BCUT2D eigenvalue weighted by Gasteiger charge is 2.73.